The van der Waals surface area contributed by atoms with E-state index in [1.54, 1.807) is 0 Å². The molecule has 2 aliphatic rings. The van der Waals surface area contributed by atoms with Gasteiger partial charge in [0.05, 0.1) is 5.41 Å². The summed E-state index contributed by atoms with van der Waals surface area (Å²) in [5, 5.41) is 2.66. The third kappa shape index (κ3) is 5.44. The lowest BCUT2D eigenvalue weighted by atomic mass is 9.67. The SMILES string of the molecule is Cc1ccc(-c2cc(Cc3ccc(C4(c5ccc(C)cc5)c5ccccc5-c5c(-c6ccc(C)cc6)cccc54)cc3)c3c(c2)C(C)(C)c2c-3ccc3ccccc23)cc1. The molecule has 0 aliphatic heterocycles. The molecule has 0 heteroatoms. The van der Waals surface area contributed by atoms with E-state index < -0.39 is 5.41 Å². The predicted octanol–water partition coefficient (Wildman–Crippen LogP) is 15.4. The Morgan fingerprint density at radius 2 is 0.983 bits per heavy atom. The summed E-state index contributed by atoms with van der Waals surface area (Å²) >= 11 is 0. The maximum absolute atomic E-state index is 2.48. The topological polar surface area (TPSA) is 0 Å². The van der Waals surface area contributed by atoms with Gasteiger partial charge in [0.2, 0.25) is 0 Å². The molecule has 2 aliphatic carbocycles. The fraction of sp³-hybridized carbons (Fsp3) is 0.133. The Kier molecular flexibility index (Phi) is 8.27. The van der Waals surface area contributed by atoms with Crippen LogP contribution in [0, 0.1) is 20.8 Å². The Morgan fingerprint density at radius 1 is 0.400 bits per heavy atom. The van der Waals surface area contributed by atoms with Crippen LogP contribution in [0.4, 0.5) is 0 Å². The molecule has 9 aromatic rings. The van der Waals surface area contributed by atoms with Crippen molar-refractivity contribution in [1.29, 1.82) is 0 Å². The molecule has 0 radical (unpaired) electrons. The molecule has 0 heterocycles. The van der Waals surface area contributed by atoms with E-state index in [-0.39, 0.29) is 5.41 Å². The van der Waals surface area contributed by atoms with Crippen molar-refractivity contribution in [2.24, 2.45) is 0 Å². The van der Waals surface area contributed by atoms with Gasteiger partial charge < -0.3 is 0 Å². The van der Waals surface area contributed by atoms with Crippen LogP contribution in [-0.2, 0) is 17.3 Å². The molecular weight excluding hydrogens is 721 g/mol. The first-order chi connectivity index (χ1) is 29.2. The molecule has 0 amide bonds. The van der Waals surface area contributed by atoms with Crippen molar-refractivity contribution in [3.63, 3.8) is 0 Å². The summed E-state index contributed by atoms with van der Waals surface area (Å²) < 4.78 is 0. The summed E-state index contributed by atoms with van der Waals surface area (Å²) in [6.07, 6.45) is 0.840. The quantitative estimate of drug-likeness (QED) is 0.158. The molecule has 0 aromatic heterocycles. The zero-order chi connectivity index (χ0) is 40.8. The van der Waals surface area contributed by atoms with Crippen LogP contribution in [0.1, 0.15) is 75.0 Å². The highest BCUT2D eigenvalue weighted by atomic mass is 14.5. The van der Waals surface area contributed by atoms with E-state index in [1.165, 1.54) is 116 Å². The lowest BCUT2D eigenvalue weighted by molar-refractivity contribution is 0.666. The zero-order valence-corrected chi connectivity index (χ0v) is 35.1. The lowest BCUT2D eigenvalue weighted by Gasteiger charge is -2.34. The minimum absolute atomic E-state index is 0.147. The Labute approximate surface area is 354 Å². The van der Waals surface area contributed by atoms with Gasteiger partial charge in [0, 0.05) is 5.41 Å². The van der Waals surface area contributed by atoms with E-state index in [0.29, 0.717) is 0 Å². The van der Waals surface area contributed by atoms with Crippen molar-refractivity contribution in [3.8, 4) is 44.5 Å². The summed E-state index contributed by atoms with van der Waals surface area (Å²) in [7, 11) is 0. The lowest BCUT2D eigenvalue weighted by Crippen LogP contribution is -2.28. The summed E-state index contributed by atoms with van der Waals surface area (Å²) in [5.41, 5.74) is 24.5. The molecule has 288 valence electrons. The summed E-state index contributed by atoms with van der Waals surface area (Å²) in [4.78, 5) is 0. The van der Waals surface area contributed by atoms with Gasteiger partial charge in [-0.25, -0.2) is 0 Å². The maximum Gasteiger partial charge on any atom is 0.0713 e. The third-order valence-corrected chi connectivity index (χ3v) is 13.8. The van der Waals surface area contributed by atoms with Gasteiger partial charge in [-0.15, -0.1) is 0 Å². The molecule has 0 bridgehead atoms. The van der Waals surface area contributed by atoms with E-state index >= 15 is 0 Å². The Hall–Kier alpha value is -6.76. The highest BCUT2D eigenvalue weighted by Gasteiger charge is 2.47. The van der Waals surface area contributed by atoms with Gasteiger partial charge in [0.1, 0.15) is 0 Å². The Balaban J connectivity index is 1.09. The van der Waals surface area contributed by atoms with Crippen molar-refractivity contribution in [1.82, 2.24) is 0 Å². The molecule has 11 rings (SSSR count). The van der Waals surface area contributed by atoms with Crippen molar-refractivity contribution in [3.05, 3.63) is 249 Å². The van der Waals surface area contributed by atoms with Crippen LogP contribution >= 0.6 is 0 Å². The van der Waals surface area contributed by atoms with E-state index in [1.807, 2.05) is 0 Å². The average Bonchev–Trinajstić information content (AvgIpc) is 3.71. The molecular formula is C60H48. The second-order valence-corrected chi connectivity index (χ2v) is 17.9. The number of aryl methyl sites for hydroxylation is 3. The van der Waals surface area contributed by atoms with Gasteiger partial charge in [-0.1, -0.05) is 213 Å². The standard InChI is InChI=1S/C60H48/c1-38-17-25-42(26-18-38)45-36-46(56-52-34-29-43-11-6-7-12-50(43)58(52)59(4,5)55(56)37-45)35-41-23-32-48(33-24-41)60(47-30-21-40(3)22-31-47)53-15-9-8-13-51(53)57-49(14-10-16-54(57)60)44-27-19-39(2)20-28-44/h6-34,36-37H,35H2,1-5H3. The van der Waals surface area contributed by atoms with Crippen LogP contribution in [0.2, 0.25) is 0 Å². The first-order valence-electron chi connectivity index (χ1n) is 21.5. The van der Waals surface area contributed by atoms with Crippen LogP contribution in [0.15, 0.2) is 188 Å². The highest BCUT2D eigenvalue weighted by Crippen LogP contribution is 2.59. The van der Waals surface area contributed by atoms with Crippen LogP contribution in [-0.4, -0.2) is 0 Å². The Bertz CT molecular complexity index is 3120. The molecule has 9 aromatic carbocycles. The average molecular weight is 769 g/mol. The first kappa shape index (κ1) is 36.3. The number of hydrogen-bond donors (Lipinski definition) is 0. The summed E-state index contributed by atoms with van der Waals surface area (Å²) in [6, 6.07) is 71.6. The second kappa shape index (κ2) is 13.7. The molecule has 0 nitrogen and oxygen atoms in total. The normalized spacial score (nSPS) is 15.7. The van der Waals surface area contributed by atoms with Gasteiger partial charge in [-0.2, -0.15) is 0 Å². The van der Waals surface area contributed by atoms with E-state index in [4.69, 9.17) is 0 Å². The van der Waals surface area contributed by atoms with Gasteiger partial charge in [-0.05, 0) is 133 Å². The molecule has 0 saturated heterocycles. The number of benzene rings is 9. The third-order valence-electron chi connectivity index (χ3n) is 13.8. The molecule has 0 spiro atoms. The van der Waals surface area contributed by atoms with E-state index in [9.17, 15) is 0 Å². The van der Waals surface area contributed by atoms with Crippen LogP contribution in [0.5, 0.6) is 0 Å². The predicted molar refractivity (Wildman–Crippen MR) is 253 cm³/mol. The molecule has 1 unspecified atom stereocenters. The van der Waals surface area contributed by atoms with Crippen molar-refractivity contribution in [2.75, 3.05) is 0 Å². The summed E-state index contributed by atoms with van der Waals surface area (Å²) in [5.74, 6) is 0. The van der Waals surface area contributed by atoms with Gasteiger partial charge in [0.15, 0.2) is 0 Å². The highest BCUT2D eigenvalue weighted by molar-refractivity contribution is 5.99. The number of rotatable bonds is 6. The van der Waals surface area contributed by atoms with Gasteiger partial charge in [0.25, 0.3) is 0 Å². The molecule has 0 fully saturated rings. The van der Waals surface area contributed by atoms with Gasteiger partial charge >= 0.3 is 0 Å². The minimum Gasteiger partial charge on any atom is -0.0619 e. The monoisotopic (exact) mass is 768 g/mol. The molecule has 0 N–H and O–H groups in total. The van der Waals surface area contributed by atoms with Crippen molar-refractivity contribution < 1.29 is 0 Å². The number of hydrogen-bond acceptors (Lipinski definition) is 0. The molecule has 0 saturated carbocycles. The maximum atomic E-state index is 2.48. The largest absolute Gasteiger partial charge is 0.0713 e. The van der Waals surface area contributed by atoms with E-state index in [0.717, 1.165) is 6.42 Å². The van der Waals surface area contributed by atoms with Crippen molar-refractivity contribution >= 4 is 10.8 Å². The smallest absolute Gasteiger partial charge is 0.0619 e. The fourth-order valence-electron chi connectivity index (χ4n) is 10.8. The molecule has 60 heavy (non-hydrogen) atoms. The Morgan fingerprint density at radius 3 is 1.70 bits per heavy atom. The van der Waals surface area contributed by atoms with Crippen LogP contribution in [0.25, 0.3) is 55.3 Å². The molecule has 1 atom stereocenters. The zero-order valence-electron chi connectivity index (χ0n) is 35.1. The number of fused-ring (bicyclic) bond motifs is 8. The van der Waals surface area contributed by atoms with E-state index in [2.05, 4.69) is 223 Å². The fourth-order valence-corrected chi connectivity index (χ4v) is 10.8. The van der Waals surface area contributed by atoms with Crippen molar-refractivity contribution in [2.45, 2.75) is 51.9 Å². The van der Waals surface area contributed by atoms with Gasteiger partial charge in [-0.3, -0.25) is 0 Å². The minimum atomic E-state index is -0.477. The first-order valence-corrected chi connectivity index (χ1v) is 21.5. The summed E-state index contributed by atoms with van der Waals surface area (Å²) in [6.45, 7) is 11.4. The van der Waals surface area contributed by atoms with Crippen LogP contribution in [0.3, 0.4) is 0 Å². The second-order valence-electron chi connectivity index (χ2n) is 17.9. The van der Waals surface area contributed by atoms with Crippen LogP contribution < -0.4 is 0 Å².